The average Bonchev–Trinajstić information content (AvgIpc) is 2.48. The second kappa shape index (κ2) is 7.21. The number of benzene rings is 1. The maximum atomic E-state index is 12.3. The van der Waals surface area contributed by atoms with Crippen LogP contribution < -0.4 is 10.0 Å². The Morgan fingerprint density at radius 3 is 2.64 bits per heavy atom. The van der Waals surface area contributed by atoms with E-state index in [0.717, 1.165) is 12.8 Å². The lowest BCUT2D eigenvalue weighted by Gasteiger charge is -2.30. The minimum Gasteiger partial charge on any atom is -0.325 e. The lowest BCUT2D eigenvalue weighted by atomic mass is 10.0. The third-order valence-corrected chi connectivity index (χ3v) is 5.38. The normalized spacial score (nSPS) is 21.3. The van der Waals surface area contributed by atoms with Gasteiger partial charge in [-0.3, -0.25) is 4.79 Å². The minimum atomic E-state index is -3.63. The second-order valence-corrected chi connectivity index (χ2v) is 7.51. The number of nitrogens with zero attached hydrogens (tertiary/aromatic N) is 1. The van der Waals surface area contributed by atoms with E-state index in [1.54, 1.807) is 31.2 Å². The lowest BCUT2D eigenvalue weighted by Crippen LogP contribution is -2.50. The van der Waals surface area contributed by atoms with Gasteiger partial charge in [0.1, 0.15) is 0 Å². The quantitative estimate of drug-likeness (QED) is 0.863. The van der Waals surface area contributed by atoms with Crippen LogP contribution in [-0.2, 0) is 15.0 Å². The van der Waals surface area contributed by atoms with Crippen LogP contribution in [0.15, 0.2) is 30.3 Å². The zero-order chi connectivity index (χ0) is 16.2. The first-order valence-corrected chi connectivity index (χ1v) is 8.96. The van der Waals surface area contributed by atoms with Crippen LogP contribution in [0.4, 0.5) is 5.69 Å². The molecule has 1 aliphatic rings. The molecule has 22 heavy (non-hydrogen) atoms. The van der Waals surface area contributed by atoms with Gasteiger partial charge in [0.2, 0.25) is 5.91 Å². The molecule has 1 aromatic carbocycles. The number of hydrogen-bond acceptors (Lipinski definition) is 3. The first kappa shape index (κ1) is 16.9. The number of hydrogen-bond donors (Lipinski definition) is 2. The monoisotopic (exact) mass is 325 g/mol. The molecule has 0 bridgehead atoms. The van der Waals surface area contributed by atoms with Gasteiger partial charge < -0.3 is 5.32 Å². The van der Waals surface area contributed by atoms with Crippen LogP contribution in [-0.4, -0.2) is 37.8 Å². The predicted molar refractivity (Wildman–Crippen MR) is 86.6 cm³/mol. The van der Waals surface area contributed by atoms with Crippen molar-refractivity contribution < 1.29 is 13.2 Å². The molecule has 1 saturated heterocycles. The summed E-state index contributed by atoms with van der Waals surface area (Å²) in [5.74, 6) is -0.0291. The molecule has 122 valence electrons. The fourth-order valence-electron chi connectivity index (χ4n) is 2.49. The van der Waals surface area contributed by atoms with E-state index in [9.17, 15) is 13.2 Å². The van der Waals surface area contributed by atoms with Gasteiger partial charge in [0, 0.05) is 18.8 Å². The number of carbonyl (C=O) groups is 1. The summed E-state index contributed by atoms with van der Waals surface area (Å²) in [5.41, 5.74) is 0.644. The largest absolute Gasteiger partial charge is 0.325 e. The summed E-state index contributed by atoms with van der Waals surface area (Å²) in [6.45, 7) is 4.59. The molecule has 0 spiro atoms. The number of nitrogens with one attached hydrogen (secondary N) is 2. The van der Waals surface area contributed by atoms with Gasteiger partial charge in [-0.2, -0.15) is 17.4 Å². The lowest BCUT2D eigenvalue weighted by molar-refractivity contribution is -0.117. The Bertz CT molecular complexity index is 604. The van der Waals surface area contributed by atoms with E-state index in [1.807, 2.05) is 13.0 Å². The van der Waals surface area contributed by atoms with E-state index in [2.05, 4.69) is 10.0 Å². The highest BCUT2D eigenvalue weighted by Crippen LogP contribution is 2.18. The molecule has 1 heterocycles. The highest BCUT2D eigenvalue weighted by molar-refractivity contribution is 7.87. The van der Waals surface area contributed by atoms with E-state index in [-0.39, 0.29) is 5.91 Å². The maximum Gasteiger partial charge on any atom is 0.280 e. The number of para-hydroxylation sites is 1. The Balaban J connectivity index is 1.95. The van der Waals surface area contributed by atoms with Crippen molar-refractivity contribution >= 4 is 21.8 Å². The molecule has 7 heteroatoms. The first-order valence-electron chi connectivity index (χ1n) is 7.52. The van der Waals surface area contributed by atoms with Gasteiger partial charge in [0.15, 0.2) is 0 Å². The molecule has 1 amide bonds. The van der Waals surface area contributed by atoms with Gasteiger partial charge in [-0.05, 0) is 37.8 Å². The predicted octanol–water partition coefficient (Wildman–Crippen LogP) is 1.58. The van der Waals surface area contributed by atoms with Crippen LogP contribution in [0.1, 0.15) is 26.7 Å². The van der Waals surface area contributed by atoms with Crippen LogP contribution in [0.2, 0.25) is 0 Å². The van der Waals surface area contributed by atoms with E-state index < -0.39 is 16.3 Å². The Morgan fingerprint density at radius 1 is 1.32 bits per heavy atom. The number of rotatable bonds is 5. The van der Waals surface area contributed by atoms with Gasteiger partial charge in [-0.15, -0.1) is 0 Å². The summed E-state index contributed by atoms with van der Waals surface area (Å²) < 4.78 is 28.5. The smallest absolute Gasteiger partial charge is 0.280 e. The maximum absolute atomic E-state index is 12.3. The van der Waals surface area contributed by atoms with Crippen molar-refractivity contribution in [1.29, 1.82) is 0 Å². The fourth-order valence-corrected chi connectivity index (χ4v) is 4.01. The van der Waals surface area contributed by atoms with Crippen LogP contribution in [0, 0.1) is 5.92 Å². The number of anilines is 1. The number of carbonyl (C=O) groups excluding carboxylic acids is 1. The minimum absolute atomic E-state index is 0.346. The summed E-state index contributed by atoms with van der Waals surface area (Å²) in [5, 5.41) is 2.69. The van der Waals surface area contributed by atoms with Gasteiger partial charge in [-0.1, -0.05) is 25.1 Å². The van der Waals surface area contributed by atoms with Crippen molar-refractivity contribution in [3.05, 3.63) is 30.3 Å². The van der Waals surface area contributed by atoms with Gasteiger partial charge in [0.25, 0.3) is 10.2 Å². The Hall–Kier alpha value is -1.44. The molecule has 0 aromatic heterocycles. The second-order valence-electron chi connectivity index (χ2n) is 5.81. The zero-order valence-electron chi connectivity index (χ0n) is 13.0. The SMILES string of the molecule is CC1CCCN(S(=O)(=O)NC(C)C(=O)Nc2ccccc2)C1. The zero-order valence-corrected chi connectivity index (χ0v) is 13.8. The number of piperidine rings is 1. The van der Waals surface area contributed by atoms with Crippen molar-refractivity contribution in [1.82, 2.24) is 9.03 Å². The van der Waals surface area contributed by atoms with Crippen LogP contribution in [0.5, 0.6) is 0 Å². The molecule has 1 fully saturated rings. The van der Waals surface area contributed by atoms with E-state index in [0.29, 0.717) is 24.7 Å². The molecule has 2 unspecified atom stereocenters. The third kappa shape index (κ3) is 4.53. The molecular weight excluding hydrogens is 302 g/mol. The average molecular weight is 325 g/mol. The molecule has 1 aromatic rings. The Labute approximate surface area is 132 Å². The third-order valence-electron chi connectivity index (χ3n) is 3.72. The molecule has 6 nitrogen and oxygen atoms in total. The van der Waals surface area contributed by atoms with Crippen molar-refractivity contribution in [2.75, 3.05) is 18.4 Å². The topological polar surface area (TPSA) is 78.5 Å². The van der Waals surface area contributed by atoms with Crippen molar-refractivity contribution in [2.45, 2.75) is 32.7 Å². The Morgan fingerprint density at radius 2 is 2.00 bits per heavy atom. The summed E-state index contributed by atoms with van der Waals surface area (Å²) in [7, 11) is -3.63. The molecule has 1 aliphatic heterocycles. The van der Waals surface area contributed by atoms with Gasteiger partial charge >= 0.3 is 0 Å². The van der Waals surface area contributed by atoms with Crippen molar-refractivity contribution in [3.63, 3.8) is 0 Å². The molecule has 2 atom stereocenters. The van der Waals surface area contributed by atoms with Gasteiger partial charge in [-0.25, -0.2) is 0 Å². The number of amides is 1. The summed E-state index contributed by atoms with van der Waals surface area (Å²) in [6.07, 6.45) is 1.89. The van der Waals surface area contributed by atoms with Gasteiger partial charge in [0.05, 0.1) is 6.04 Å². The van der Waals surface area contributed by atoms with Crippen LogP contribution in [0.25, 0.3) is 0 Å². The Kier molecular flexibility index (Phi) is 5.55. The fraction of sp³-hybridized carbons (Fsp3) is 0.533. The molecule has 0 radical (unpaired) electrons. The summed E-state index contributed by atoms with van der Waals surface area (Å²) in [6, 6.07) is 8.14. The van der Waals surface area contributed by atoms with E-state index in [4.69, 9.17) is 0 Å². The molecule has 2 N–H and O–H groups in total. The van der Waals surface area contributed by atoms with E-state index >= 15 is 0 Å². The summed E-state index contributed by atoms with van der Waals surface area (Å²) >= 11 is 0. The molecular formula is C15H23N3O3S. The van der Waals surface area contributed by atoms with Crippen LogP contribution >= 0.6 is 0 Å². The van der Waals surface area contributed by atoms with Crippen molar-refractivity contribution in [3.8, 4) is 0 Å². The van der Waals surface area contributed by atoms with E-state index in [1.165, 1.54) is 4.31 Å². The first-order chi connectivity index (χ1) is 10.4. The highest BCUT2D eigenvalue weighted by Gasteiger charge is 2.29. The molecule has 2 rings (SSSR count). The standard InChI is InChI=1S/C15H23N3O3S/c1-12-7-6-10-18(11-12)22(20,21)17-13(2)15(19)16-14-8-4-3-5-9-14/h3-5,8-9,12-13,17H,6-7,10-11H2,1-2H3,(H,16,19). The molecule has 0 aliphatic carbocycles. The molecule has 0 saturated carbocycles. The van der Waals surface area contributed by atoms with Crippen LogP contribution in [0.3, 0.4) is 0 Å². The highest BCUT2D eigenvalue weighted by atomic mass is 32.2. The summed E-state index contributed by atoms with van der Waals surface area (Å²) in [4.78, 5) is 12.1. The van der Waals surface area contributed by atoms with Crippen molar-refractivity contribution in [2.24, 2.45) is 5.92 Å².